The fourth-order valence-electron chi connectivity index (χ4n) is 3.86. The van der Waals surface area contributed by atoms with Crippen LogP contribution >= 0.6 is 0 Å². The standard InChI is InChI=1S/C16H30N2O/c1-11-9-12(2)13(3)18(10-11)16(19)14-7-5-4-6-8-15(14)17/h11-15H,4-10,17H2,1-3H3. The summed E-state index contributed by atoms with van der Waals surface area (Å²) in [6.45, 7) is 7.66. The molecule has 0 aromatic carbocycles. The topological polar surface area (TPSA) is 46.3 Å². The second-order valence-electron chi connectivity index (χ2n) is 6.96. The Kier molecular flexibility index (Phi) is 4.88. The van der Waals surface area contributed by atoms with Crippen molar-refractivity contribution in [3.8, 4) is 0 Å². The van der Waals surface area contributed by atoms with Crippen LogP contribution in [0, 0.1) is 17.8 Å². The van der Waals surface area contributed by atoms with E-state index < -0.39 is 0 Å². The molecule has 2 rings (SSSR count). The number of nitrogens with zero attached hydrogens (tertiary/aromatic N) is 1. The lowest BCUT2D eigenvalue weighted by Crippen LogP contribution is -2.53. The number of hydrogen-bond donors (Lipinski definition) is 1. The van der Waals surface area contributed by atoms with Crippen LogP contribution in [0.3, 0.4) is 0 Å². The zero-order valence-corrected chi connectivity index (χ0v) is 12.8. The maximum Gasteiger partial charge on any atom is 0.227 e. The van der Waals surface area contributed by atoms with Gasteiger partial charge in [0, 0.05) is 18.6 Å². The first kappa shape index (κ1) is 14.8. The van der Waals surface area contributed by atoms with E-state index in [1.54, 1.807) is 0 Å². The summed E-state index contributed by atoms with van der Waals surface area (Å²) in [6, 6.07) is 0.453. The highest BCUT2D eigenvalue weighted by Crippen LogP contribution is 2.31. The second kappa shape index (κ2) is 6.25. The van der Waals surface area contributed by atoms with Gasteiger partial charge in [0.1, 0.15) is 0 Å². The van der Waals surface area contributed by atoms with E-state index in [1.807, 2.05) is 0 Å². The Morgan fingerprint density at radius 3 is 2.53 bits per heavy atom. The summed E-state index contributed by atoms with van der Waals surface area (Å²) in [4.78, 5) is 15.0. The average Bonchev–Trinajstić information content (AvgIpc) is 2.57. The highest BCUT2D eigenvalue weighted by molar-refractivity contribution is 5.80. The van der Waals surface area contributed by atoms with Crippen molar-refractivity contribution in [1.82, 2.24) is 4.90 Å². The van der Waals surface area contributed by atoms with Crippen LogP contribution in [0.1, 0.15) is 59.3 Å². The summed E-state index contributed by atoms with van der Waals surface area (Å²) >= 11 is 0. The summed E-state index contributed by atoms with van der Waals surface area (Å²) < 4.78 is 0. The van der Waals surface area contributed by atoms with Gasteiger partial charge < -0.3 is 10.6 Å². The minimum atomic E-state index is 0.0717. The SMILES string of the molecule is CC1CC(C)C(C)N(C(=O)C2CCCCCC2N)C1. The zero-order valence-electron chi connectivity index (χ0n) is 12.8. The maximum atomic E-state index is 12.9. The minimum Gasteiger partial charge on any atom is -0.339 e. The van der Waals surface area contributed by atoms with Crippen LogP contribution in [0.25, 0.3) is 0 Å². The van der Waals surface area contributed by atoms with Crippen LogP contribution in [-0.4, -0.2) is 29.4 Å². The Labute approximate surface area is 117 Å². The van der Waals surface area contributed by atoms with E-state index in [4.69, 9.17) is 5.73 Å². The lowest BCUT2D eigenvalue weighted by molar-refractivity contribution is -0.142. The molecule has 2 N–H and O–H groups in total. The molecule has 3 nitrogen and oxygen atoms in total. The van der Waals surface area contributed by atoms with Crippen LogP contribution in [0.4, 0.5) is 0 Å². The molecule has 19 heavy (non-hydrogen) atoms. The molecule has 0 aromatic heterocycles. The van der Waals surface area contributed by atoms with Gasteiger partial charge in [-0.05, 0) is 38.0 Å². The molecule has 1 amide bonds. The number of carbonyl (C=O) groups excluding carboxylic acids is 1. The zero-order chi connectivity index (χ0) is 14.0. The Morgan fingerprint density at radius 2 is 1.79 bits per heavy atom. The smallest absolute Gasteiger partial charge is 0.227 e. The molecule has 3 heteroatoms. The van der Waals surface area contributed by atoms with Crippen LogP contribution in [0.15, 0.2) is 0 Å². The molecule has 2 aliphatic rings. The summed E-state index contributed by atoms with van der Waals surface area (Å²) in [6.07, 6.45) is 6.84. The van der Waals surface area contributed by atoms with Gasteiger partial charge in [-0.1, -0.05) is 33.1 Å². The van der Waals surface area contributed by atoms with Crippen molar-refractivity contribution >= 4 is 5.91 Å². The van der Waals surface area contributed by atoms with E-state index in [0.29, 0.717) is 23.8 Å². The van der Waals surface area contributed by atoms with Gasteiger partial charge in [0.15, 0.2) is 0 Å². The number of carbonyl (C=O) groups is 1. The Morgan fingerprint density at radius 1 is 1.11 bits per heavy atom. The van der Waals surface area contributed by atoms with Crippen LogP contribution in [0.2, 0.25) is 0 Å². The van der Waals surface area contributed by atoms with E-state index in [1.165, 1.54) is 19.3 Å². The third-order valence-corrected chi connectivity index (χ3v) is 5.27. The molecule has 0 radical (unpaired) electrons. The van der Waals surface area contributed by atoms with Crippen LogP contribution in [-0.2, 0) is 4.79 Å². The van der Waals surface area contributed by atoms with Gasteiger partial charge in [-0.25, -0.2) is 0 Å². The summed E-state index contributed by atoms with van der Waals surface area (Å²) in [5.41, 5.74) is 6.25. The number of likely N-dealkylation sites (tertiary alicyclic amines) is 1. The van der Waals surface area contributed by atoms with Crippen molar-refractivity contribution in [3.63, 3.8) is 0 Å². The summed E-state index contributed by atoms with van der Waals surface area (Å²) in [5.74, 6) is 1.63. The first-order valence-corrected chi connectivity index (χ1v) is 8.06. The van der Waals surface area contributed by atoms with Crippen LogP contribution in [0.5, 0.6) is 0 Å². The molecule has 1 aliphatic carbocycles. The van der Waals surface area contributed by atoms with Gasteiger partial charge in [0.05, 0.1) is 5.92 Å². The third-order valence-electron chi connectivity index (χ3n) is 5.27. The van der Waals surface area contributed by atoms with Crippen molar-refractivity contribution in [1.29, 1.82) is 0 Å². The molecule has 1 saturated heterocycles. The fourth-order valence-corrected chi connectivity index (χ4v) is 3.86. The maximum absolute atomic E-state index is 12.9. The third kappa shape index (κ3) is 3.31. The molecule has 0 bridgehead atoms. The highest BCUT2D eigenvalue weighted by Gasteiger charge is 2.37. The molecule has 1 saturated carbocycles. The first-order valence-electron chi connectivity index (χ1n) is 8.06. The van der Waals surface area contributed by atoms with Gasteiger partial charge in [0.25, 0.3) is 0 Å². The molecular weight excluding hydrogens is 236 g/mol. The van der Waals surface area contributed by atoms with E-state index in [-0.39, 0.29) is 12.0 Å². The van der Waals surface area contributed by atoms with Crippen molar-refractivity contribution < 1.29 is 4.79 Å². The number of nitrogens with two attached hydrogens (primary N) is 1. The normalized spacial score (nSPS) is 40.8. The Hall–Kier alpha value is -0.570. The van der Waals surface area contributed by atoms with E-state index in [2.05, 4.69) is 25.7 Å². The lowest BCUT2D eigenvalue weighted by atomic mass is 9.84. The number of piperidine rings is 1. The van der Waals surface area contributed by atoms with Gasteiger partial charge in [-0.15, -0.1) is 0 Å². The van der Waals surface area contributed by atoms with E-state index >= 15 is 0 Å². The molecule has 5 unspecified atom stereocenters. The number of rotatable bonds is 1. The quantitative estimate of drug-likeness (QED) is 0.742. The van der Waals surface area contributed by atoms with Gasteiger partial charge in [0.2, 0.25) is 5.91 Å². The summed E-state index contributed by atoms with van der Waals surface area (Å²) in [5, 5.41) is 0. The van der Waals surface area contributed by atoms with Gasteiger partial charge in [-0.2, -0.15) is 0 Å². The molecule has 5 atom stereocenters. The van der Waals surface area contributed by atoms with Crippen molar-refractivity contribution in [2.45, 2.75) is 71.4 Å². The predicted molar refractivity (Wildman–Crippen MR) is 78.7 cm³/mol. The first-order chi connectivity index (χ1) is 9.00. The van der Waals surface area contributed by atoms with Crippen LogP contribution < -0.4 is 5.73 Å². The monoisotopic (exact) mass is 266 g/mol. The van der Waals surface area contributed by atoms with Crippen molar-refractivity contribution in [2.24, 2.45) is 23.5 Å². The average molecular weight is 266 g/mol. The molecule has 2 fully saturated rings. The molecular formula is C16H30N2O. The van der Waals surface area contributed by atoms with Crippen molar-refractivity contribution in [3.05, 3.63) is 0 Å². The molecule has 1 aliphatic heterocycles. The molecule has 0 aromatic rings. The second-order valence-corrected chi connectivity index (χ2v) is 6.96. The van der Waals surface area contributed by atoms with E-state index in [9.17, 15) is 4.79 Å². The molecule has 110 valence electrons. The largest absolute Gasteiger partial charge is 0.339 e. The molecule has 1 heterocycles. The summed E-state index contributed by atoms with van der Waals surface area (Å²) in [7, 11) is 0. The van der Waals surface area contributed by atoms with Gasteiger partial charge in [-0.3, -0.25) is 4.79 Å². The number of hydrogen-bond acceptors (Lipinski definition) is 2. The lowest BCUT2D eigenvalue weighted by Gasteiger charge is -2.43. The predicted octanol–water partition coefficient (Wildman–Crippen LogP) is 2.79. The minimum absolute atomic E-state index is 0.0717. The molecule has 0 spiro atoms. The van der Waals surface area contributed by atoms with Gasteiger partial charge >= 0.3 is 0 Å². The highest BCUT2D eigenvalue weighted by atomic mass is 16.2. The Bertz CT molecular complexity index is 318. The van der Waals surface area contributed by atoms with E-state index in [0.717, 1.165) is 25.8 Å². The fraction of sp³-hybridized carbons (Fsp3) is 0.938. The number of amides is 1. The Balaban J connectivity index is 2.08. The van der Waals surface area contributed by atoms with Crippen molar-refractivity contribution in [2.75, 3.05) is 6.54 Å².